The summed E-state index contributed by atoms with van der Waals surface area (Å²) in [6.45, 7) is 2.63. The second kappa shape index (κ2) is 4.50. The minimum atomic E-state index is -0.518. The molecule has 16 heavy (non-hydrogen) atoms. The third-order valence-electron chi connectivity index (χ3n) is 3.66. The highest BCUT2D eigenvalue weighted by Gasteiger charge is 2.34. The Morgan fingerprint density at radius 1 is 1.31 bits per heavy atom. The molecule has 3 heteroatoms. The Morgan fingerprint density at radius 2 is 2.06 bits per heavy atom. The average Bonchev–Trinajstić information content (AvgIpc) is 2.19. The summed E-state index contributed by atoms with van der Waals surface area (Å²) in [6.07, 6.45) is 4.63. The van der Waals surface area contributed by atoms with E-state index in [0.29, 0.717) is 12.1 Å². The van der Waals surface area contributed by atoms with Crippen LogP contribution in [-0.4, -0.2) is 5.54 Å². The Balaban J connectivity index is 1.99. The lowest BCUT2D eigenvalue weighted by atomic mass is 9.75. The van der Waals surface area contributed by atoms with Crippen LogP contribution in [0.2, 0.25) is 0 Å². The zero-order valence-electron chi connectivity index (χ0n) is 9.52. The zero-order chi connectivity index (χ0) is 11.6. The van der Waals surface area contributed by atoms with E-state index in [2.05, 4.69) is 12.2 Å². The maximum atomic E-state index is 13.4. The highest BCUT2D eigenvalue weighted by atomic mass is 19.1. The summed E-state index contributed by atoms with van der Waals surface area (Å²) in [5.74, 6) is -0.979. The Bertz CT molecular complexity index is 367. The molecule has 1 aromatic rings. The Kier molecular flexibility index (Phi) is 3.24. The smallest absolute Gasteiger partial charge is 0.130 e. The van der Waals surface area contributed by atoms with Crippen molar-refractivity contribution in [2.45, 2.75) is 44.7 Å². The lowest BCUT2D eigenvalue weighted by Gasteiger charge is -2.42. The van der Waals surface area contributed by atoms with E-state index in [9.17, 15) is 8.78 Å². The van der Waals surface area contributed by atoms with Crippen LogP contribution in [0.25, 0.3) is 0 Å². The van der Waals surface area contributed by atoms with Crippen LogP contribution in [0.1, 0.15) is 38.2 Å². The van der Waals surface area contributed by atoms with E-state index < -0.39 is 11.6 Å². The first kappa shape index (κ1) is 11.5. The lowest BCUT2D eigenvalue weighted by molar-refractivity contribution is 0.175. The number of hydrogen-bond acceptors (Lipinski definition) is 1. The van der Waals surface area contributed by atoms with Gasteiger partial charge in [-0.15, -0.1) is 0 Å². The minimum Gasteiger partial charge on any atom is -0.307 e. The van der Waals surface area contributed by atoms with Gasteiger partial charge in [0.2, 0.25) is 0 Å². The molecule has 0 radical (unpaired) electrons. The standard InChI is InChI=1S/C13H17F2N/c1-2-13(6-3-7-13)16-9-10-4-5-11(14)8-12(10)15/h4-5,8,16H,2-3,6-7,9H2,1H3. The van der Waals surface area contributed by atoms with Crippen LogP contribution in [-0.2, 0) is 6.54 Å². The highest BCUT2D eigenvalue weighted by Crippen LogP contribution is 2.34. The fourth-order valence-corrected chi connectivity index (χ4v) is 2.21. The molecule has 1 nitrogen and oxygen atoms in total. The fraction of sp³-hybridized carbons (Fsp3) is 0.538. The summed E-state index contributed by atoms with van der Waals surface area (Å²) < 4.78 is 26.1. The molecule has 0 aromatic heterocycles. The van der Waals surface area contributed by atoms with Crippen LogP contribution in [0.15, 0.2) is 18.2 Å². The number of rotatable bonds is 4. The zero-order valence-corrected chi connectivity index (χ0v) is 9.52. The quantitative estimate of drug-likeness (QED) is 0.828. The molecular formula is C13H17F2N. The molecular weight excluding hydrogens is 208 g/mol. The Hall–Kier alpha value is -0.960. The van der Waals surface area contributed by atoms with Gasteiger partial charge in [0.25, 0.3) is 0 Å². The second-order valence-electron chi connectivity index (χ2n) is 4.58. The van der Waals surface area contributed by atoms with Gasteiger partial charge < -0.3 is 5.32 Å². The third kappa shape index (κ3) is 2.24. The van der Waals surface area contributed by atoms with Gasteiger partial charge in [-0.25, -0.2) is 8.78 Å². The van der Waals surface area contributed by atoms with Crippen LogP contribution in [0.3, 0.4) is 0 Å². The molecule has 1 N–H and O–H groups in total. The average molecular weight is 225 g/mol. The summed E-state index contributed by atoms with van der Waals surface area (Å²) in [7, 11) is 0. The van der Waals surface area contributed by atoms with Crippen LogP contribution in [0, 0.1) is 11.6 Å². The predicted octanol–water partition coefficient (Wildman–Crippen LogP) is 3.39. The highest BCUT2D eigenvalue weighted by molar-refractivity contribution is 5.18. The SMILES string of the molecule is CCC1(NCc2ccc(F)cc2F)CCC1. The van der Waals surface area contributed by atoms with Crippen molar-refractivity contribution in [3.8, 4) is 0 Å². The molecule has 0 atom stereocenters. The van der Waals surface area contributed by atoms with Gasteiger partial charge in [-0.2, -0.15) is 0 Å². The first-order valence-electron chi connectivity index (χ1n) is 5.84. The predicted molar refractivity (Wildman–Crippen MR) is 60.1 cm³/mol. The molecule has 0 aliphatic heterocycles. The second-order valence-corrected chi connectivity index (χ2v) is 4.58. The maximum Gasteiger partial charge on any atom is 0.130 e. The van der Waals surface area contributed by atoms with Gasteiger partial charge in [-0.3, -0.25) is 0 Å². The molecule has 1 aromatic carbocycles. The van der Waals surface area contributed by atoms with Crippen LogP contribution < -0.4 is 5.32 Å². The van der Waals surface area contributed by atoms with E-state index in [4.69, 9.17) is 0 Å². The normalized spacial score (nSPS) is 18.2. The third-order valence-corrected chi connectivity index (χ3v) is 3.66. The topological polar surface area (TPSA) is 12.0 Å². The number of halogens is 2. The van der Waals surface area contributed by atoms with Crippen molar-refractivity contribution in [3.05, 3.63) is 35.4 Å². The maximum absolute atomic E-state index is 13.4. The van der Waals surface area contributed by atoms with Crippen molar-refractivity contribution in [2.24, 2.45) is 0 Å². The summed E-state index contributed by atoms with van der Waals surface area (Å²) in [5.41, 5.74) is 0.738. The van der Waals surface area contributed by atoms with Gasteiger partial charge >= 0.3 is 0 Å². The number of hydrogen-bond donors (Lipinski definition) is 1. The molecule has 1 aliphatic carbocycles. The molecule has 0 heterocycles. The molecule has 88 valence electrons. The fourth-order valence-electron chi connectivity index (χ4n) is 2.21. The first-order chi connectivity index (χ1) is 7.65. The van der Waals surface area contributed by atoms with E-state index in [1.165, 1.54) is 18.6 Å². The van der Waals surface area contributed by atoms with Crippen molar-refractivity contribution >= 4 is 0 Å². The van der Waals surface area contributed by atoms with Crippen LogP contribution in [0.4, 0.5) is 8.78 Å². The summed E-state index contributed by atoms with van der Waals surface area (Å²) in [5, 5.41) is 3.40. The summed E-state index contributed by atoms with van der Waals surface area (Å²) >= 11 is 0. The van der Waals surface area contributed by atoms with Gasteiger partial charge in [0.15, 0.2) is 0 Å². The van der Waals surface area contributed by atoms with Gasteiger partial charge in [0.05, 0.1) is 0 Å². The van der Waals surface area contributed by atoms with Crippen molar-refractivity contribution in [1.29, 1.82) is 0 Å². The van der Waals surface area contributed by atoms with Crippen molar-refractivity contribution in [2.75, 3.05) is 0 Å². The molecule has 0 amide bonds. The van der Waals surface area contributed by atoms with Gasteiger partial charge in [0.1, 0.15) is 11.6 Å². The van der Waals surface area contributed by atoms with E-state index in [0.717, 1.165) is 25.3 Å². The number of benzene rings is 1. The van der Waals surface area contributed by atoms with E-state index >= 15 is 0 Å². The summed E-state index contributed by atoms with van der Waals surface area (Å²) in [4.78, 5) is 0. The molecule has 1 fully saturated rings. The molecule has 0 spiro atoms. The minimum absolute atomic E-state index is 0.195. The molecule has 1 saturated carbocycles. The molecule has 0 unspecified atom stereocenters. The van der Waals surface area contributed by atoms with Gasteiger partial charge in [-0.05, 0) is 31.7 Å². The van der Waals surface area contributed by atoms with Crippen molar-refractivity contribution in [3.63, 3.8) is 0 Å². The number of nitrogens with one attached hydrogen (secondary N) is 1. The monoisotopic (exact) mass is 225 g/mol. The Labute approximate surface area is 94.9 Å². The van der Waals surface area contributed by atoms with E-state index in [1.54, 1.807) is 0 Å². The van der Waals surface area contributed by atoms with Crippen molar-refractivity contribution in [1.82, 2.24) is 5.32 Å². The van der Waals surface area contributed by atoms with E-state index in [1.807, 2.05) is 0 Å². The Morgan fingerprint density at radius 3 is 2.56 bits per heavy atom. The van der Waals surface area contributed by atoms with Crippen molar-refractivity contribution < 1.29 is 8.78 Å². The first-order valence-corrected chi connectivity index (χ1v) is 5.84. The lowest BCUT2D eigenvalue weighted by Crippen LogP contribution is -2.49. The van der Waals surface area contributed by atoms with E-state index in [-0.39, 0.29) is 5.54 Å². The van der Waals surface area contributed by atoms with Crippen LogP contribution >= 0.6 is 0 Å². The summed E-state index contributed by atoms with van der Waals surface area (Å²) in [6, 6.07) is 3.76. The van der Waals surface area contributed by atoms with Gasteiger partial charge in [-0.1, -0.05) is 13.0 Å². The molecule has 2 rings (SSSR count). The largest absolute Gasteiger partial charge is 0.307 e. The molecule has 1 aliphatic rings. The molecule has 0 bridgehead atoms. The van der Waals surface area contributed by atoms with Gasteiger partial charge in [0, 0.05) is 23.7 Å². The van der Waals surface area contributed by atoms with Crippen LogP contribution in [0.5, 0.6) is 0 Å². The molecule has 0 saturated heterocycles.